The number of hydrogen-bond donors (Lipinski definition) is 1. The number of thioether (sulfide) groups is 1. The summed E-state index contributed by atoms with van der Waals surface area (Å²) < 4.78 is 0. The van der Waals surface area contributed by atoms with Crippen molar-refractivity contribution < 1.29 is 0 Å². The molecular weight excluding hydrogens is 194 g/mol. The van der Waals surface area contributed by atoms with Crippen LogP contribution in [-0.4, -0.2) is 22.5 Å². The first kappa shape index (κ1) is 9.77. The third-order valence-corrected chi connectivity index (χ3v) is 3.26. The van der Waals surface area contributed by atoms with Crippen molar-refractivity contribution in [1.82, 2.24) is 10.2 Å². The van der Waals surface area contributed by atoms with Crippen LogP contribution in [0.4, 0.5) is 5.82 Å². The number of hydrogen-bond acceptors (Lipinski definition) is 4. The highest BCUT2D eigenvalue weighted by molar-refractivity contribution is 7.98. The van der Waals surface area contributed by atoms with Crippen LogP contribution >= 0.6 is 11.8 Å². The Balaban J connectivity index is 2.12. The minimum absolute atomic E-state index is 0.924. The van der Waals surface area contributed by atoms with Crippen molar-refractivity contribution in [2.45, 2.75) is 25.5 Å². The van der Waals surface area contributed by atoms with Crippen LogP contribution in [0.15, 0.2) is 6.07 Å². The highest BCUT2D eigenvalue weighted by Crippen LogP contribution is 2.23. The van der Waals surface area contributed by atoms with E-state index in [2.05, 4.69) is 28.5 Å². The number of fused-ring (bicyclic) bond motifs is 1. The Labute approximate surface area is 88.7 Å². The van der Waals surface area contributed by atoms with Gasteiger partial charge in [0.05, 0.1) is 5.69 Å². The molecule has 1 aliphatic heterocycles. The molecule has 1 aromatic rings. The Hall–Kier alpha value is -0.770. The summed E-state index contributed by atoms with van der Waals surface area (Å²) in [5, 5.41) is 11.7. The minimum atomic E-state index is 0.924. The summed E-state index contributed by atoms with van der Waals surface area (Å²) in [6, 6.07) is 2.14. The average Bonchev–Trinajstić information content (AvgIpc) is 2.26. The van der Waals surface area contributed by atoms with Crippen LogP contribution in [0, 0.1) is 0 Å². The van der Waals surface area contributed by atoms with Gasteiger partial charge < -0.3 is 5.32 Å². The number of aromatic nitrogens is 2. The smallest absolute Gasteiger partial charge is 0.148 e. The number of nitrogens with zero attached hydrogens (tertiary/aromatic N) is 2. The molecule has 4 heteroatoms. The zero-order valence-electron chi connectivity index (χ0n) is 8.42. The monoisotopic (exact) mass is 209 g/mol. The fourth-order valence-electron chi connectivity index (χ4n) is 1.48. The van der Waals surface area contributed by atoms with Crippen molar-refractivity contribution >= 4 is 17.6 Å². The first-order valence-corrected chi connectivity index (χ1v) is 6.22. The maximum absolute atomic E-state index is 4.25. The summed E-state index contributed by atoms with van der Waals surface area (Å²) in [5.74, 6) is 3.20. The van der Waals surface area contributed by atoms with E-state index >= 15 is 0 Å². The van der Waals surface area contributed by atoms with Gasteiger partial charge in [-0.25, -0.2) is 0 Å². The maximum atomic E-state index is 4.25. The molecule has 0 radical (unpaired) electrons. The van der Waals surface area contributed by atoms with Gasteiger partial charge in [0.15, 0.2) is 0 Å². The minimum Gasteiger partial charge on any atom is -0.369 e. The van der Waals surface area contributed by atoms with Crippen LogP contribution in [0.25, 0.3) is 0 Å². The first-order chi connectivity index (χ1) is 6.90. The van der Waals surface area contributed by atoms with Gasteiger partial charge >= 0.3 is 0 Å². The summed E-state index contributed by atoms with van der Waals surface area (Å²) in [6.45, 7) is 3.12. The van der Waals surface area contributed by atoms with Gasteiger partial charge in [-0.3, -0.25) is 0 Å². The molecule has 14 heavy (non-hydrogen) atoms. The van der Waals surface area contributed by atoms with Gasteiger partial charge in [0, 0.05) is 18.7 Å². The summed E-state index contributed by atoms with van der Waals surface area (Å²) in [7, 11) is 0. The Morgan fingerprint density at radius 2 is 2.43 bits per heavy atom. The van der Waals surface area contributed by atoms with Gasteiger partial charge in [-0.05, 0) is 23.8 Å². The summed E-state index contributed by atoms with van der Waals surface area (Å²) in [5.41, 5.74) is 2.54. The zero-order chi connectivity index (χ0) is 9.80. The lowest BCUT2D eigenvalue weighted by Crippen LogP contribution is -2.10. The second kappa shape index (κ2) is 4.64. The molecule has 0 unspecified atom stereocenters. The Morgan fingerprint density at radius 1 is 1.50 bits per heavy atom. The van der Waals surface area contributed by atoms with Crippen molar-refractivity contribution in [3.05, 3.63) is 17.3 Å². The number of anilines is 1. The Morgan fingerprint density at radius 3 is 3.29 bits per heavy atom. The topological polar surface area (TPSA) is 37.8 Å². The average molecular weight is 209 g/mol. The van der Waals surface area contributed by atoms with Crippen LogP contribution in [0.1, 0.15) is 24.6 Å². The van der Waals surface area contributed by atoms with Crippen molar-refractivity contribution in [1.29, 1.82) is 0 Å². The van der Waals surface area contributed by atoms with Gasteiger partial charge in [-0.1, -0.05) is 6.92 Å². The van der Waals surface area contributed by atoms with E-state index in [0.717, 1.165) is 31.0 Å². The molecule has 0 aromatic carbocycles. The highest BCUT2D eigenvalue weighted by atomic mass is 32.2. The lowest BCUT2D eigenvalue weighted by Gasteiger charge is -2.14. The molecule has 0 aliphatic carbocycles. The Kier molecular flexibility index (Phi) is 3.24. The quantitative estimate of drug-likeness (QED) is 0.827. The summed E-state index contributed by atoms with van der Waals surface area (Å²) >= 11 is 1.97. The molecule has 0 saturated carbocycles. The maximum Gasteiger partial charge on any atom is 0.148 e. The lowest BCUT2D eigenvalue weighted by molar-refractivity contribution is 0.878. The third-order valence-electron chi connectivity index (χ3n) is 2.26. The van der Waals surface area contributed by atoms with Crippen molar-refractivity contribution in [2.75, 3.05) is 17.6 Å². The highest BCUT2D eigenvalue weighted by Gasteiger charge is 2.11. The summed E-state index contributed by atoms with van der Waals surface area (Å²) in [6.07, 6.45) is 2.19. The van der Waals surface area contributed by atoms with Crippen molar-refractivity contribution in [3.8, 4) is 0 Å². The van der Waals surface area contributed by atoms with Crippen LogP contribution in [0.2, 0.25) is 0 Å². The first-order valence-electron chi connectivity index (χ1n) is 5.07. The molecule has 0 saturated heterocycles. The van der Waals surface area contributed by atoms with E-state index in [1.807, 2.05) is 11.8 Å². The van der Waals surface area contributed by atoms with Crippen LogP contribution in [0.3, 0.4) is 0 Å². The summed E-state index contributed by atoms with van der Waals surface area (Å²) in [4.78, 5) is 0. The van der Waals surface area contributed by atoms with Gasteiger partial charge in [-0.15, -0.1) is 5.10 Å². The molecule has 2 rings (SSSR count). The predicted molar refractivity (Wildman–Crippen MR) is 60.7 cm³/mol. The molecule has 1 N–H and O–H groups in total. The fourth-order valence-corrected chi connectivity index (χ4v) is 2.43. The second-order valence-corrected chi connectivity index (χ2v) is 4.54. The normalized spacial score (nSPS) is 14.9. The van der Waals surface area contributed by atoms with Crippen LogP contribution < -0.4 is 5.32 Å². The zero-order valence-corrected chi connectivity index (χ0v) is 9.23. The molecule has 0 bridgehead atoms. The van der Waals surface area contributed by atoms with E-state index in [1.54, 1.807) is 0 Å². The largest absolute Gasteiger partial charge is 0.369 e. The van der Waals surface area contributed by atoms with E-state index in [-0.39, 0.29) is 0 Å². The number of nitrogens with one attached hydrogen (secondary N) is 1. The van der Waals surface area contributed by atoms with Crippen LogP contribution in [-0.2, 0) is 12.2 Å². The molecule has 0 atom stereocenters. The molecule has 0 fully saturated rings. The molecule has 0 spiro atoms. The van der Waals surface area contributed by atoms with E-state index in [9.17, 15) is 0 Å². The van der Waals surface area contributed by atoms with Gasteiger partial charge in [0.1, 0.15) is 5.82 Å². The van der Waals surface area contributed by atoms with Gasteiger partial charge in [0.25, 0.3) is 0 Å². The van der Waals surface area contributed by atoms with E-state index in [0.29, 0.717) is 0 Å². The molecule has 2 heterocycles. The third kappa shape index (κ3) is 2.18. The van der Waals surface area contributed by atoms with E-state index < -0.39 is 0 Å². The SMILES string of the molecule is CCCNc1cc2c(nn1)CCSC2. The van der Waals surface area contributed by atoms with Crippen LogP contribution in [0.5, 0.6) is 0 Å². The molecule has 0 amide bonds. The molecule has 76 valence electrons. The van der Waals surface area contributed by atoms with Crippen molar-refractivity contribution in [3.63, 3.8) is 0 Å². The lowest BCUT2D eigenvalue weighted by atomic mass is 10.2. The molecule has 1 aromatic heterocycles. The fraction of sp³-hybridized carbons (Fsp3) is 0.600. The van der Waals surface area contributed by atoms with E-state index in [4.69, 9.17) is 0 Å². The second-order valence-electron chi connectivity index (χ2n) is 3.43. The standard InChI is InChI=1S/C10H15N3S/c1-2-4-11-10-6-8-7-14-5-3-9(8)12-13-10/h6H,2-5,7H2,1H3,(H,11,13). The molecule has 3 nitrogen and oxygen atoms in total. The Bertz CT molecular complexity index is 314. The van der Waals surface area contributed by atoms with Gasteiger partial charge in [-0.2, -0.15) is 16.9 Å². The van der Waals surface area contributed by atoms with Gasteiger partial charge in [0.2, 0.25) is 0 Å². The number of rotatable bonds is 3. The van der Waals surface area contributed by atoms with Crippen molar-refractivity contribution in [2.24, 2.45) is 0 Å². The van der Waals surface area contributed by atoms with E-state index in [1.165, 1.54) is 17.0 Å². The predicted octanol–water partition coefficient (Wildman–Crippen LogP) is 2.09. The molecular formula is C10H15N3S. The number of aryl methyl sites for hydroxylation is 1. The molecule has 1 aliphatic rings.